The fourth-order valence-electron chi connectivity index (χ4n) is 11.5. The molecule has 0 saturated heterocycles. The van der Waals surface area contributed by atoms with E-state index in [4.69, 9.17) is 0 Å². The van der Waals surface area contributed by atoms with Crippen molar-refractivity contribution in [3.05, 3.63) is 212 Å². The first-order valence-electron chi connectivity index (χ1n) is 32.9. The summed E-state index contributed by atoms with van der Waals surface area (Å²) in [5.74, 6) is -0.879. The third-order valence-corrected chi connectivity index (χ3v) is 17.0. The third-order valence-electron chi connectivity index (χ3n) is 17.0. The Morgan fingerprint density at radius 2 is 0.680 bits per heavy atom. The summed E-state index contributed by atoms with van der Waals surface area (Å²) in [6.07, 6.45) is 18.8. The average Bonchev–Trinajstić information content (AvgIpc) is 1.18. The van der Waals surface area contributed by atoms with Crippen LogP contribution in [-0.2, 0) is 33.6 Å². The van der Waals surface area contributed by atoms with Gasteiger partial charge < -0.3 is 76.7 Å². The van der Waals surface area contributed by atoms with Crippen molar-refractivity contribution in [2.45, 2.75) is 72.1 Å². The molecule has 0 aliphatic heterocycles. The molecule has 0 heterocycles. The summed E-state index contributed by atoms with van der Waals surface area (Å²) < 4.78 is 0. The van der Waals surface area contributed by atoms with Crippen LogP contribution in [0.3, 0.4) is 0 Å². The maximum Gasteiger partial charge on any atom is 1.00 e. The number of carboxylic acid groups (broad SMARTS) is 2. The molecule has 524 valence electrons. The predicted octanol–water partition coefficient (Wildman–Crippen LogP) is 0.869. The molecule has 0 amide bonds. The molecule has 0 aromatic heterocycles. The summed E-state index contributed by atoms with van der Waals surface area (Å²) in [4.78, 5) is 93.8. The van der Waals surface area contributed by atoms with Crippen LogP contribution in [-0.4, -0.2) is 136 Å². The number of aliphatic carboxylic acids is 2. The maximum absolute atomic E-state index is 13.2. The summed E-state index contributed by atoms with van der Waals surface area (Å²) >= 11 is 0. The van der Waals surface area contributed by atoms with E-state index in [9.17, 15) is 43.8 Å². The van der Waals surface area contributed by atoms with E-state index in [1.165, 1.54) is 8.27 Å². The minimum absolute atomic E-state index is 0. The molecule has 0 bridgehead atoms. The number of allylic oxidation sites excluding steroid dienone is 6. The van der Waals surface area contributed by atoms with E-state index < -0.39 is 11.9 Å². The Morgan fingerprint density at radius 3 is 0.932 bits per heavy atom. The van der Waals surface area contributed by atoms with Crippen LogP contribution in [0, 0.1) is 11.8 Å². The number of rotatable bonds is 22. The summed E-state index contributed by atoms with van der Waals surface area (Å²) in [6.45, 7) is 9.10. The van der Waals surface area contributed by atoms with Gasteiger partial charge in [-0.05, 0) is 200 Å². The summed E-state index contributed by atoms with van der Waals surface area (Å²) in [7, 11) is 19.3. The Balaban J connectivity index is 0.000000742. The molecule has 6 aromatic carbocycles. The van der Waals surface area contributed by atoms with Gasteiger partial charge in [-0.25, -0.2) is 6.29 Å². The second-order valence-corrected chi connectivity index (χ2v) is 27.8. The van der Waals surface area contributed by atoms with Crippen LogP contribution >= 0.6 is 17.2 Å². The molecule has 9 rings (SSSR count). The molecule has 1 N–H and O–H groups in total. The maximum atomic E-state index is 13.2. The predicted molar refractivity (Wildman–Crippen MR) is 409 cm³/mol. The minimum atomic E-state index is -1.13. The molecule has 2 unspecified atom stereocenters. The fourth-order valence-corrected chi connectivity index (χ4v) is 11.5. The molecule has 16 nitrogen and oxygen atoms in total. The first kappa shape index (κ1) is 96.3. The van der Waals surface area contributed by atoms with E-state index in [-0.39, 0.29) is 188 Å². The molecule has 0 spiro atoms. The van der Waals surface area contributed by atoms with E-state index in [1.807, 2.05) is 187 Å². The van der Waals surface area contributed by atoms with Crippen LogP contribution in [0.2, 0.25) is 0 Å². The van der Waals surface area contributed by atoms with Gasteiger partial charge in [-0.3, -0.25) is 19.2 Å². The summed E-state index contributed by atoms with van der Waals surface area (Å²) in [5.41, 5.74) is 16.9. The number of hydrogen-bond donors (Lipinski definition) is 0. The van der Waals surface area contributed by atoms with Crippen LogP contribution < -0.4 is 180 Å². The first-order chi connectivity index (χ1) is 46.7. The van der Waals surface area contributed by atoms with Gasteiger partial charge in [0.25, 0.3) is 0 Å². The Labute approximate surface area is 724 Å². The van der Waals surface area contributed by atoms with Crippen LogP contribution in [0.25, 0.3) is 36.5 Å². The standard InChI is InChI=1S/C28H32N2O4.C27H29N2O4.C25H30N2O.CH5P2.K.3Na.H2O/c1-20(31)14-16-29(2)25-10-4-21(5-11-25)18-23-8-9-24(28(23)34)19-22-6-12-26(13-7-22)30(3)17-15-27(32)33;1-19-14-22(16-20-4-8-24(9-5-20)28(2)12-13-30)27(33)23(15-19)17-21-6-10-25(11-7-21)29(3)18-26(31)32;1-18-14-21(16-19-6-10-23(11-7-19)26(2)3)25(28)22(15-18)17-20-8-12-24(13-9-20)27(4)5;1-3-2;;;;;/h4-7,10-13,18-19H,8-9,14-17H2,1-3H3,(H,32,33);4-11,16-17,19H,12,14-15,18H2,1-3H3,(H,31,32);6-13,16-18H,14-15H2,1-5H3;2H2,1H3;;;;;1H2/q;-1;;-1;4*+1;/p-3/b23-18+,24-19+;22-16+,23-17+;21-16+,22-17+;;;;;;. The van der Waals surface area contributed by atoms with E-state index in [0.717, 1.165) is 127 Å². The molecule has 3 fully saturated rings. The number of carbonyl (C=O) groups excluding carboxylic acids is 7. The molecule has 103 heavy (non-hydrogen) atoms. The van der Waals surface area contributed by atoms with Crippen LogP contribution in [0.4, 0.5) is 34.1 Å². The zero-order valence-corrected chi connectivity index (χ0v) is 74.5. The Kier molecular flexibility index (Phi) is 46.1. The van der Waals surface area contributed by atoms with Gasteiger partial charge in [-0.15, -0.1) is 0 Å². The number of benzene rings is 6. The van der Waals surface area contributed by atoms with Crippen molar-refractivity contribution in [2.24, 2.45) is 11.8 Å². The van der Waals surface area contributed by atoms with Crippen molar-refractivity contribution >= 4 is 129 Å². The Hall–Kier alpha value is -4.69. The quantitative estimate of drug-likeness (QED) is 0.0399. The number of anilines is 6. The smallest absolute Gasteiger partial charge is 0.870 e. The molecule has 3 aliphatic rings. The molecule has 3 aliphatic carbocycles. The fraction of sp³-hybridized carbons (Fsp3) is 0.321. The van der Waals surface area contributed by atoms with Gasteiger partial charge in [-0.1, -0.05) is 93.2 Å². The zero-order valence-electron chi connectivity index (χ0n) is 63.3. The van der Waals surface area contributed by atoms with Crippen molar-refractivity contribution in [3.8, 4) is 0 Å². The van der Waals surface area contributed by atoms with Gasteiger partial charge >= 0.3 is 140 Å². The van der Waals surface area contributed by atoms with Gasteiger partial charge in [0.2, 0.25) is 0 Å². The molecule has 0 radical (unpaired) electrons. The number of likely N-dealkylation sites (N-methyl/N-ethyl adjacent to an activating group) is 2. The van der Waals surface area contributed by atoms with Crippen molar-refractivity contribution in [2.75, 3.05) is 119 Å². The van der Waals surface area contributed by atoms with E-state index in [2.05, 4.69) is 99.9 Å². The zero-order chi connectivity index (χ0) is 71.6. The number of ketones is 4. The normalized spacial score (nSPS) is 16.8. The van der Waals surface area contributed by atoms with Gasteiger partial charge in [0.1, 0.15) is 5.78 Å². The first-order valence-corrected chi connectivity index (χ1v) is 35.9. The summed E-state index contributed by atoms with van der Waals surface area (Å²) in [5, 5.41) is 21.4. The minimum Gasteiger partial charge on any atom is -0.870 e. The monoisotopic (exact) mass is 1480 g/mol. The molecule has 2 atom stereocenters. The van der Waals surface area contributed by atoms with Crippen molar-refractivity contribution in [1.82, 2.24) is 0 Å². The number of carbonyl (C=O) groups is 6. The third kappa shape index (κ3) is 32.3. The topological polar surface area (TPSA) is 215 Å². The van der Waals surface area contributed by atoms with Crippen molar-refractivity contribution < 1.29 is 189 Å². The molecular weight excluding hydrogens is 1390 g/mol. The van der Waals surface area contributed by atoms with Crippen molar-refractivity contribution in [1.29, 1.82) is 0 Å². The average molecular weight is 1480 g/mol. The van der Waals surface area contributed by atoms with E-state index in [0.29, 0.717) is 44.2 Å². The van der Waals surface area contributed by atoms with Gasteiger partial charge in [0.05, 0.1) is 12.5 Å². The largest absolute Gasteiger partial charge is 1.00 e. The molecule has 3 saturated carbocycles. The number of Topliss-reactive ketones (excluding diaryl/α,β-unsaturated/α-hetero) is 4. The van der Waals surface area contributed by atoms with Crippen LogP contribution in [0.1, 0.15) is 106 Å². The Bertz CT molecular complexity index is 3760. The van der Waals surface area contributed by atoms with Gasteiger partial charge in [-0.2, -0.15) is 6.66 Å². The van der Waals surface area contributed by atoms with Crippen LogP contribution in [0.15, 0.2) is 179 Å². The number of carboxylic acids is 2. The summed E-state index contributed by atoms with van der Waals surface area (Å²) in [6, 6.07) is 47.6. The van der Waals surface area contributed by atoms with E-state index >= 15 is 0 Å². The van der Waals surface area contributed by atoms with Gasteiger partial charge in [0.15, 0.2) is 17.3 Å². The second kappa shape index (κ2) is 49.3. The van der Waals surface area contributed by atoms with Gasteiger partial charge in [0, 0.05) is 156 Å². The molecule has 6 aromatic rings. The second-order valence-electron chi connectivity index (χ2n) is 25.8. The van der Waals surface area contributed by atoms with Crippen molar-refractivity contribution in [3.63, 3.8) is 0 Å². The SMILES string of the molecule is CC(=O)CCN(C)c1ccc(/C=C2\CC/C(=C\c3ccc(N(C)CCC(=O)[O-])cc3)C2=O)cc1.CC1C/C(=C\c2ccc(N(C)C)cc2)C(=O)/C(=C/c2ccc(N(C)C)cc2)C1.CC1C/C(=C\c2ccc(N(C)C[C-]=O)cc2)C(=O)/C(=C/c2ccc(N(C)CC(=O)[O-])cc2)C1.C[P-]P.[K+].[Na+].[Na+].[Na+].[OH-]. The number of hydrogen-bond acceptors (Lipinski definition) is 16. The Morgan fingerprint density at radius 1 is 0.437 bits per heavy atom. The van der Waals surface area contributed by atoms with E-state index in [1.54, 1.807) is 23.8 Å². The van der Waals surface area contributed by atoms with Crippen LogP contribution in [0.5, 0.6) is 0 Å². The molecular formula is C81H95KN6Na3O10P2-. The molecule has 22 heteroatoms. The number of nitrogens with zero attached hydrogens (tertiary/aromatic N) is 6.